The minimum Gasteiger partial charge on any atom is -0.354 e. The molecule has 9 heteroatoms. The summed E-state index contributed by atoms with van der Waals surface area (Å²) in [7, 11) is 3.76. The van der Waals surface area contributed by atoms with E-state index >= 15 is 0 Å². The number of aryl methyl sites for hydroxylation is 2. The molecule has 2 atom stereocenters. The van der Waals surface area contributed by atoms with Gasteiger partial charge in [0.05, 0.1) is 18.1 Å². The highest BCUT2D eigenvalue weighted by atomic mass is 16.2. The van der Waals surface area contributed by atoms with Crippen molar-refractivity contribution in [1.82, 2.24) is 34.2 Å². The second kappa shape index (κ2) is 5.52. The molecule has 0 aromatic carbocycles. The normalized spacial score (nSPS) is 22.4. The van der Waals surface area contributed by atoms with Crippen molar-refractivity contribution in [2.24, 2.45) is 25.9 Å². The van der Waals surface area contributed by atoms with E-state index in [0.717, 1.165) is 43.2 Å². The van der Waals surface area contributed by atoms with Gasteiger partial charge in [0.15, 0.2) is 17.0 Å². The minimum absolute atomic E-state index is 0.0770. The molecule has 5 heterocycles. The highest BCUT2D eigenvalue weighted by Crippen LogP contribution is 2.35. The number of carbonyl (C=O) groups is 1. The van der Waals surface area contributed by atoms with E-state index in [9.17, 15) is 4.79 Å². The van der Waals surface area contributed by atoms with E-state index < -0.39 is 0 Å². The third kappa shape index (κ3) is 2.27. The number of aromatic nitrogens is 6. The first-order valence-corrected chi connectivity index (χ1v) is 8.75. The van der Waals surface area contributed by atoms with Crippen LogP contribution < -0.4 is 4.90 Å². The minimum atomic E-state index is 0.0770. The number of likely N-dealkylation sites (tertiary alicyclic amines) is 1. The number of hydrogen-bond acceptors (Lipinski definition) is 6. The van der Waals surface area contributed by atoms with Crippen molar-refractivity contribution < 1.29 is 4.79 Å². The Hall–Kier alpha value is -2.97. The first-order valence-electron chi connectivity index (χ1n) is 8.75. The Labute approximate surface area is 150 Å². The quantitative estimate of drug-likeness (QED) is 0.660. The van der Waals surface area contributed by atoms with Crippen LogP contribution in [0.4, 0.5) is 5.82 Å². The molecule has 0 saturated carbocycles. The fourth-order valence-corrected chi connectivity index (χ4v) is 4.21. The molecule has 2 fully saturated rings. The SMILES string of the molecule is Cn1cc(C(=O)N2CC3CN(c4ncnc5c4ncn5C)CC3C2)cn1. The van der Waals surface area contributed by atoms with Crippen LogP contribution in [0.1, 0.15) is 10.4 Å². The zero-order chi connectivity index (χ0) is 17.8. The van der Waals surface area contributed by atoms with E-state index in [1.54, 1.807) is 29.7 Å². The molecule has 2 aliphatic rings. The molecule has 0 spiro atoms. The lowest BCUT2D eigenvalue weighted by atomic mass is 10.0. The van der Waals surface area contributed by atoms with Crippen LogP contribution in [0.15, 0.2) is 25.0 Å². The molecule has 0 bridgehead atoms. The highest BCUT2D eigenvalue weighted by Gasteiger charge is 2.42. The Morgan fingerprint density at radius 1 is 1.08 bits per heavy atom. The Balaban J connectivity index is 1.33. The lowest BCUT2D eigenvalue weighted by molar-refractivity contribution is 0.0782. The molecule has 2 unspecified atom stereocenters. The van der Waals surface area contributed by atoms with Gasteiger partial charge in [0, 0.05) is 58.3 Å². The molecule has 5 rings (SSSR count). The molecule has 0 N–H and O–H groups in total. The van der Waals surface area contributed by atoms with Crippen molar-refractivity contribution in [3.05, 3.63) is 30.6 Å². The van der Waals surface area contributed by atoms with Crippen molar-refractivity contribution >= 4 is 22.9 Å². The lowest BCUT2D eigenvalue weighted by Gasteiger charge is -2.22. The summed E-state index contributed by atoms with van der Waals surface area (Å²) in [5.41, 5.74) is 2.36. The van der Waals surface area contributed by atoms with Crippen LogP contribution >= 0.6 is 0 Å². The molecule has 1 amide bonds. The zero-order valence-corrected chi connectivity index (χ0v) is 14.8. The van der Waals surface area contributed by atoms with Gasteiger partial charge in [-0.15, -0.1) is 0 Å². The van der Waals surface area contributed by atoms with E-state index in [2.05, 4.69) is 25.0 Å². The molecule has 3 aromatic heterocycles. The largest absolute Gasteiger partial charge is 0.354 e. The maximum absolute atomic E-state index is 12.6. The number of imidazole rings is 1. The third-order valence-corrected chi connectivity index (χ3v) is 5.50. The predicted molar refractivity (Wildman–Crippen MR) is 94.6 cm³/mol. The van der Waals surface area contributed by atoms with Crippen molar-refractivity contribution in [3.8, 4) is 0 Å². The molecule has 2 aliphatic heterocycles. The maximum Gasteiger partial charge on any atom is 0.257 e. The van der Waals surface area contributed by atoms with Crippen molar-refractivity contribution in [2.45, 2.75) is 0 Å². The summed E-state index contributed by atoms with van der Waals surface area (Å²) in [5.74, 6) is 1.90. The van der Waals surface area contributed by atoms with Crippen LogP contribution in [0.2, 0.25) is 0 Å². The Morgan fingerprint density at radius 3 is 2.54 bits per heavy atom. The van der Waals surface area contributed by atoms with E-state index in [1.807, 2.05) is 23.6 Å². The third-order valence-electron chi connectivity index (χ3n) is 5.50. The average Bonchev–Trinajstić information content (AvgIpc) is 3.37. The standard InChI is InChI=1S/C17H20N8O/c1-22-10-20-14-15(22)18-9-19-16(14)24-5-12-7-25(8-13(12)6-24)17(26)11-3-21-23(2)4-11/h3-4,9-10,12-13H,5-8H2,1-2H3. The van der Waals surface area contributed by atoms with Gasteiger partial charge in [-0.1, -0.05) is 0 Å². The maximum atomic E-state index is 12.6. The first kappa shape index (κ1) is 15.3. The van der Waals surface area contributed by atoms with Gasteiger partial charge in [0.2, 0.25) is 0 Å². The predicted octanol–water partition coefficient (Wildman–Crippen LogP) is 0.305. The van der Waals surface area contributed by atoms with Crippen molar-refractivity contribution in [3.63, 3.8) is 0 Å². The molecule has 9 nitrogen and oxygen atoms in total. The van der Waals surface area contributed by atoms with Crippen molar-refractivity contribution in [2.75, 3.05) is 31.1 Å². The second-order valence-corrected chi connectivity index (χ2v) is 7.26. The van der Waals surface area contributed by atoms with Gasteiger partial charge in [0.25, 0.3) is 5.91 Å². The number of nitrogens with zero attached hydrogens (tertiary/aromatic N) is 8. The van der Waals surface area contributed by atoms with Crippen LogP contribution in [0.25, 0.3) is 11.2 Å². The number of carbonyl (C=O) groups excluding carboxylic acids is 1. The summed E-state index contributed by atoms with van der Waals surface area (Å²) < 4.78 is 3.57. The molecular formula is C17H20N8O. The van der Waals surface area contributed by atoms with Gasteiger partial charge in [0.1, 0.15) is 6.33 Å². The summed E-state index contributed by atoms with van der Waals surface area (Å²) in [6.45, 7) is 3.35. The fraction of sp³-hybridized carbons (Fsp3) is 0.471. The van der Waals surface area contributed by atoms with Gasteiger partial charge in [-0.3, -0.25) is 9.48 Å². The molecule has 3 aromatic rings. The molecule has 26 heavy (non-hydrogen) atoms. The number of amides is 1. The van der Waals surface area contributed by atoms with Gasteiger partial charge in [-0.2, -0.15) is 5.10 Å². The van der Waals surface area contributed by atoms with Gasteiger partial charge in [-0.05, 0) is 0 Å². The summed E-state index contributed by atoms with van der Waals surface area (Å²) in [6, 6.07) is 0. The Kier molecular flexibility index (Phi) is 3.25. The second-order valence-electron chi connectivity index (χ2n) is 7.26. The Morgan fingerprint density at radius 2 is 1.85 bits per heavy atom. The van der Waals surface area contributed by atoms with Gasteiger partial charge in [-0.25, -0.2) is 15.0 Å². The van der Waals surface area contributed by atoms with Gasteiger partial charge < -0.3 is 14.4 Å². The lowest BCUT2D eigenvalue weighted by Crippen LogP contribution is -2.33. The van der Waals surface area contributed by atoms with E-state index in [-0.39, 0.29) is 5.91 Å². The Bertz CT molecular complexity index is 978. The summed E-state index contributed by atoms with van der Waals surface area (Å²) in [6.07, 6.45) is 6.79. The van der Waals surface area contributed by atoms with Crippen LogP contribution in [0, 0.1) is 11.8 Å². The van der Waals surface area contributed by atoms with Crippen molar-refractivity contribution in [1.29, 1.82) is 0 Å². The van der Waals surface area contributed by atoms with E-state index in [0.29, 0.717) is 17.4 Å². The molecule has 2 saturated heterocycles. The van der Waals surface area contributed by atoms with Crippen LogP contribution in [-0.2, 0) is 14.1 Å². The number of hydrogen-bond donors (Lipinski definition) is 0. The fourth-order valence-electron chi connectivity index (χ4n) is 4.21. The number of fused-ring (bicyclic) bond motifs is 2. The summed E-state index contributed by atoms with van der Waals surface area (Å²) in [5, 5.41) is 4.10. The summed E-state index contributed by atoms with van der Waals surface area (Å²) >= 11 is 0. The topological polar surface area (TPSA) is 85.0 Å². The number of rotatable bonds is 2. The van der Waals surface area contributed by atoms with Crippen LogP contribution in [-0.4, -0.2) is 66.3 Å². The monoisotopic (exact) mass is 352 g/mol. The molecular weight excluding hydrogens is 332 g/mol. The molecule has 134 valence electrons. The van der Waals surface area contributed by atoms with Crippen LogP contribution in [0.3, 0.4) is 0 Å². The first-order chi connectivity index (χ1) is 12.6. The highest BCUT2D eigenvalue weighted by molar-refractivity contribution is 5.94. The average molecular weight is 352 g/mol. The molecule has 0 aliphatic carbocycles. The van der Waals surface area contributed by atoms with E-state index in [4.69, 9.17) is 0 Å². The van der Waals surface area contributed by atoms with E-state index in [1.165, 1.54) is 0 Å². The molecule has 0 radical (unpaired) electrons. The smallest absolute Gasteiger partial charge is 0.257 e. The zero-order valence-electron chi connectivity index (χ0n) is 14.8. The van der Waals surface area contributed by atoms with Gasteiger partial charge >= 0.3 is 0 Å². The van der Waals surface area contributed by atoms with Crippen LogP contribution in [0.5, 0.6) is 0 Å². The number of anilines is 1. The summed E-state index contributed by atoms with van der Waals surface area (Å²) in [4.78, 5) is 30.2.